The van der Waals surface area contributed by atoms with Crippen LogP contribution in [0.5, 0.6) is 0 Å². The lowest BCUT2D eigenvalue weighted by molar-refractivity contribution is -0.262. The zero-order chi connectivity index (χ0) is 28.9. The van der Waals surface area contributed by atoms with Crippen LogP contribution >= 0.6 is 15.6 Å². The molecule has 0 spiro atoms. The van der Waals surface area contributed by atoms with Crippen molar-refractivity contribution < 1.29 is 67.3 Å². The number of aromatic amines is 1. The van der Waals surface area contributed by atoms with Gasteiger partial charge in [-0.25, -0.2) is 14.1 Å². The first-order valence-corrected chi connectivity index (χ1v) is 13.7. The van der Waals surface area contributed by atoms with Crippen molar-refractivity contribution in [3.63, 3.8) is 0 Å². The zero-order valence-electron chi connectivity index (χ0n) is 19.3. The third-order valence-electron chi connectivity index (χ3n) is 5.64. The number of nitrogen functional groups attached to an aromatic ring is 1. The van der Waals surface area contributed by atoms with Gasteiger partial charge in [0.1, 0.15) is 42.7 Å². The first-order valence-electron chi connectivity index (χ1n) is 10.7. The SMILES string of the molecule is C#CC1O[C@H](OP(=O)(O)OP(=O)(O)OC[C@H]2O[C@@H](n3cnc4c(=O)[nH]c(N)nc43)[C@@H](O)C2O)C(O)[C@@H](O)[C@@H]1O. The van der Waals surface area contributed by atoms with E-state index in [1.54, 1.807) is 0 Å². The van der Waals surface area contributed by atoms with E-state index in [-0.39, 0.29) is 17.1 Å². The van der Waals surface area contributed by atoms with Crippen molar-refractivity contribution in [1.29, 1.82) is 0 Å². The number of phosphoric ester groups is 2. The summed E-state index contributed by atoms with van der Waals surface area (Å²) in [4.78, 5) is 41.7. The minimum absolute atomic E-state index is 0.111. The number of fused-ring (bicyclic) bond motifs is 1. The van der Waals surface area contributed by atoms with Gasteiger partial charge in [0.05, 0.1) is 12.9 Å². The van der Waals surface area contributed by atoms with E-state index in [0.717, 1.165) is 10.9 Å². The lowest BCUT2D eigenvalue weighted by atomic mass is 10.00. The van der Waals surface area contributed by atoms with Gasteiger partial charge in [-0.2, -0.15) is 9.29 Å². The number of rotatable bonds is 8. The molecule has 10 N–H and O–H groups in total. The van der Waals surface area contributed by atoms with Gasteiger partial charge in [0.25, 0.3) is 5.56 Å². The summed E-state index contributed by atoms with van der Waals surface area (Å²) < 4.78 is 49.2. The Labute approximate surface area is 216 Å². The number of hydrogen-bond acceptors (Lipinski definition) is 16. The van der Waals surface area contributed by atoms with E-state index in [9.17, 15) is 49.2 Å². The molecule has 0 aliphatic carbocycles. The fourth-order valence-corrected chi connectivity index (χ4v) is 5.93. The highest BCUT2D eigenvalue weighted by Crippen LogP contribution is 2.61. The highest BCUT2D eigenvalue weighted by molar-refractivity contribution is 7.61. The summed E-state index contributed by atoms with van der Waals surface area (Å²) in [5, 5.41) is 50.1. The summed E-state index contributed by atoms with van der Waals surface area (Å²) in [7, 11) is -11.1. The molecule has 11 atom stereocenters. The lowest BCUT2D eigenvalue weighted by Gasteiger charge is -2.38. The molecular formula is C17H23N5O15P2. The Bertz CT molecular complexity index is 1410. The number of aromatic nitrogens is 4. The molecule has 39 heavy (non-hydrogen) atoms. The molecule has 5 unspecified atom stereocenters. The average molecular weight is 599 g/mol. The molecule has 2 aliphatic rings. The quantitative estimate of drug-likeness (QED) is 0.103. The normalized spacial score (nSPS) is 36.3. The van der Waals surface area contributed by atoms with Crippen LogP contribution in [0.25, 0.3) is 11.2 Å². The van der Waals surface area contributed by atoms with Crippen LogP contribution in [0.1, 0.15) is 6.23 Å². The highest BCUT2D eigenvalue weighted by atomic mass is 31.3. The molecule has 2 aliphatic heterocycles. The van der Waals surface area contributed by atoms with E-state index in [1.807, 2.05) is 5.92 Å². The summed E-state index contributed by atoms with van der Waals surface area (Å²) in [5.74, 6) is 1.63. The van der Waals surface area contributed by atoms with Crippen molar-refractivity contribution in [3.05, 3.63) is 16.7 Å². The van der Waals surface area contributed by atoms with E-state index >= 15 is 0 Å². The van der Waals surface area contributed by atoms with Gasteiger partial charge in [0, 0.05) is 0 Å². The Morgan fingerprint density at radius 2 is 1.77 bits per heavy atom. The van der Waals surface area contributed by atoms with Gasteiger partial charge in [-0.3, -0.25) is 23.4 Å². The van der Waals surface area contributed by atoms with Gasteiger partial charge in [-0.15, -0.1) is 6.42 Å². The summed E-state index contributed by atoms with van der Waals surface area (Å²) in [6.07, 6.45) is -9.84. The van der Waals surface area contributed by atoms with Crippen molar-refractivity contribution in [2.24, 2.45) is 0 Å². The number of ether oxygens (including phenoxy) is 2. The van der Waals surface area contributed by atoms with E-state index in [4.69, 9.17) is 21.6 Å². The summed E-state index contributed by atoms with van der Waals surface area (Å²) in [5.41, 5.74) is 4.56. The number of aliphatic hydroxyl groups is 5. The Morgan fingerprint density at radius 3 is 2.44 bits per heavy atom. The highest BCUT2D eigenvalue weighted by Gasteiger charge is 2.49. The smallest absolute Gasteiger partial charge is 0.387 e. The van der Waals surface area contributed by atoms with E-state index in [1.165, 1.54) is 0 Å². The zero-order valence-corrected chi connectivity index (χ0v) is 21.1. The molecular weight excluding hydrogens is 576 g/mol. The molecule has 0 amide bonds. The summed E-state index contributed by atoms with van der Waals surface area (Å²) in [6, 6.07) is 0. The molecule has 216 valence electrons. The van der Waals surface area contributed by atoms with Gasteiger partial charge in [-0.05, 0) is 0 Å². The van der Waals surface area contributed by atoms with Crippen LogP contribution in [-0.4, -0.2) is 110 Å². The molecule has 2 fully saturated rings. The monoisotopic (exact) mass is 599 g/mol. The van der Waals surface area contributed by atoms with Crippen LogP contribution in [0.4, 0.5) is 5.95 Å². The van der Waals surface area contributed by atoms with Crippen LogP contribution < -0.4 is 11.3 Å². The fraction of sp³-hybridized carbons (Fsp3) is 0.588. The second-order valence-corrected chi connectivity index (χ2v) is 11.3. The molecule has 0 bridgehead atoms. The van der Waals surface area contributed by atoms with Gasteiger partial charge < -0.3 is 50.5 Å². The number of H-pyrrole nitrogens is 1. The molecule has 20 nitrogen and oxygen atoms in total. The molecule has 0 aromatic carbocycles. The number of nitrogens with zero attached hydrogens (tertiary/aromatic N) is 3. The van der Waals surface area contributed by atoms with Crippen molar-refractivity contribution in [2.75, 3.05) is 12.3 Å². The van der Waals surface area contributed by atoms with Crippen molar-refractivity contribution in [2.45, 2.75) is 55.2 Å². The van der Waals surface area contributed by atoms with Crippen LogP contribution in [0.3, 0.4) is 0 Å². The van der Waals surface area contributed by atoms with Crippen LogP contribution in [0, 0.1) is 12.3 Å². The number of hydrogen-bond donors (Lipinski definition) is 9. The van der Waals surface area contributed by atoms with Crippen molar-refractivity contribution in [1.82, 2.24) is 19.5 Å². The Morgan fingerprint density at radius 1 is 1.08 bits per heavy atom. The van der Waals surface area contributed by atoms with E-state index in [0.29, 0.717) is 0 Å². The minimum atomic E-state index is -5.58. The first-order chi connectivity index (χ1) is 18.1. The van der Waals surface area contributed by atoms with E-state index < -0.39 is 83.1 Å². The van der Waals surface area contributed by atoms with Gasteiger partial charge in [0.15, 0.2) is 23.7 Å². The summed E-state index contributed by atoms with van der Waals surface area (Å²) in [6.45, 7) is -0.988. The first kappa shape index (κ1) is 29.7. The van der Waals surface area contributed by atoms with Crippen LogP contribution in [-0.2, 0) is 32.0 Å². The van der Waals surface area contributed by atoms with Crippen LogP contribution in [0.15, 0.2) is 11.1 Å². The second-order valence-electron chi connectivity index (χ2n) is 8.30. The Kier molecular flexibility index (Phi) is 8.31. The predicted molar refractivity (Wildman–Crippen MR) is 122 cm³/mol. The average Bonchev–Trinajstić information content (AvgIpc) is 3.38. The largest absolute Gasteiger partial charge is 0.483 e. The number of nitrogens with one attached hydrogen (secondary N) is 1. The maximum Gasteiger partial charge on any atom is 0.483 e. The third-order valence-corrected chi connectivity index (χ3v) is 8.24. The molecule has 2 aromatic heterocycles. The van der Waals surface area contributed by atoms with Gasteiger partial charge >= 0.3 is 15.6 Å². The molecule has 22 heteroatoms. The van der Waals surface area contributed by atoms with Crippen molar-refractivity contribution in [3.8, 4) is 12.3 Å². The van der Waals surface area contributed by atoms with Gasteiger partial charge in [-0.1, -0.05) is 5.92 Å². The minimum Gasteiger partial charge on any atom is -0.387 e. The topological polar surface area (TPSA) is 311 Å². The van der Waals surface area contributed by atoms with Crippen molar-refractivity contribution >= 4 is 32.8 Å². The number of anilines is 1. The molecule has 2 aromatic rings. The Hall–Kier alpha value is -2.31. The molecule has 4 rings (SSSR count). The van der Waals surface area contributed by atoms with Crippen LogP contribution in [0.2, 0.25) is 0 Å². The standard InChI is InChI=1S/C17H23N5O15P2/c1-2-5-8(23)10(25)12(27)16(35-5)36-39(31,32)37-38(29,30)33-3-6-9(24)11(26)15(34-6)22-4-19-7-13(22)20-17(18)21-14(7)28/h1,4-6,8-12,15-16,23-27H,3H2,(H,29,30)(H,31,32)(H3,18,20,21,28)/t5?,6-,8-,9?,10+,11+,12?,15-,16-/m1/s1. The molecule has 4 heterocycles. The summed E-state index contributed by atoms with van der Waals surface area (Å²) >= 11 is 0. The maximum atomic E-state index is 12.3. The number of imidazole rings is 1. The number of nitrogens with two attached hydrogens (primary N) is 1. The molecule has 0 saturated carbocycles. The maximum absolute atomic E-state index is 12.3. The van der Waals surface area contributed by atoms with Gasteiger partial charge in [0.2, 0.25) is 5.95 Å². The van der Waals surface area contributed by atoms with E-state index in [2.05, 4.69) is 28.3 Å². The third kappa shape index (κ3) is 6.07. The molecule has 2 saturated heterocycles. The fourth-order valence-electron chi connectivity index (χ4n) is 3.77. The number of terminal acetylenes is 1. The predicted octanol–water partition coefficient (Wildman–Crippen LogP) is -3.99. The molecule has 0 radical (unpaired) electrons. The number of aliphatic hydroxyl groups excluding tert-OH is 5. The Balaban J connectivity index is 1.40. The lowest BCUT2D eigenvalue weighted by Crippen LogP contribution is -2.57. The second kappa shape index (κ2) is 10.9. The number of phosphoric acid groups is 2.